The van der Waals surface area contributed by atoms with Crippen LogP contribution in [0, 0.1) is 6.92 Å². The summed E-state index contributed by atoms with van der Waals surface area (Å²) in [5.74, 6) is -0.814. The minimum Gasteiger partial charge on any atom is -0.366 e. The standard InChI is InChI=1S/C16H19N3O5S2/c1-10-9-25-16(18-10)19(12-7-8-24-15(12)23-2)26(21,22)13-6-4-3-5-11(13)14(17)20/h3-6,9,12,15H,7-8H2,1-2H3,(H2,17,20)/t12-,15-/m0/s1. The zero-order valence-electron chi connectivity index (χ0n) is 14.3. The molecule has 1 aromatic heterocycles. The molecular weight excluding hydrogens is 378 g/mol. The molecule has 140 valence electrons. The van der Waals surface area contributed by atoms with E-state index in [4.69, 9.17) is 15.2 Å². The quantitative estimate of drug-likeness (QED) is 0.791. The molecule has 1 aliphatic rings. The Morgan fingerprint density at radius 3 is 2.77 bits per heavy atom. The Kier molecular flexibility index (Phi) is 5.28. The first kappa shape index (κ1) is 18.8. The average Bonchev–Trinajstić information content (AvgIpc) is 3.24. The molecule has 2 N–H and O–H groups in total. The number of sulfonamides is 1. The summed E-state index contributed by atoms with van der Waals surface area (Å²) in [6.45, 7) is 2.14. The lowest BCUT2D eigenvalue weighted by Crippen LogP contribution is -2.46. The number of aromatic nitrogens is 1. The van der Waals surface area contributed by atoms with E-state index in [-0.39, 0.29) is 10.5 Å². The highest BCUT2D eigenvalue weighted by Crippen LogP contribution is 2.35. The van der Waals surface area contributed by atoms with Crippen LogP contribution in [-0.2, 0) is 19.5 Å². The van der Waals surface area contributed by atoms with E-state index in [1.54, 1.807) is 24.4 Å². The predicted octanol–water partition coefficient (Wildman–Crippen LogP) is 1.51. The molecule has 0 aliphatic carbocycles. The molecule has 1 amide bonds. The van der Waals surface area contributed by atoms with Gasteiger partial charge in [0.25, 0.3) is 10.0 Å². The SMILES string of the molecule is CO[C@H]1OCC[C@@H]1N(c1nc(C)cs1)S(=O)(=O)c1ccccc1C(N)=O. The number of nitrogens with two attached hydrogens (primary N) is 1. The van der Waals surface area contributed by atoms with Crippen LogP contribution in [-0.4, -0.2) is 45.4 Å². The number of anilines is 1. The first-order valence-electron chi connectivity index (χ1n) is 7.86. The third-order valence-electron chi connectivity index (χ3n) is 4.03. The van der Waals surface area contributed by atoms with Gasteiger partial charge in [-0.05, 0) is 25.5 Å². The number of thiazole rings is 1. The van der Waals surface area contributed by atoms with Crippen LogP contribution >= 0.6 is 11.3 Å². The monoisotopic (exact) mass is 397 g/mol. The first-order chi connectivity index (χ1) is 12.4. The lowest BCUT2D eigenvalue weighted by Gasteiger charge is -2.30. The lowest BCUT2D eigenvalue weighted by atomic mass is 10.2. The van der Waals surface area contributed by atoms with Gasteiger partial charge in [0.15, 0.2) is 11.4 Å². The van der Waals surface area contributed by atoms with Crippen molar-refractivity contribution in [1.29, 1.82) is 0 Å². The molecule has 10 heteroatoms. The number of aryl methyl sites for hydroxylation is 1. The highest BCUT2D eigenvalue weighted by molar-refractivity contribution is 7.93. The normalized spacial score (nSPS) is 20.2. The van der Waals surface area contributed by atoms with Crippen molar-refractivity contribution in [2.45, 2.75) is 30.6 Å². The van der Waals surface area contributed by atoms with Crippen molar-refractivity contribution in [2.75, 3.05) is 18.0 Å². The van der Waals surface area contributed by atoms with Gasteiger partial charge in [-0.3, -0.25) is 4.79 Å². The molecule has 2 heterocycles. The molecule has 1 fully saturated rings. The van der Waals surface area contributed by atoms with Crippen LogP contribution in [0.3, 0.4) is 0 Å². The van der Waals surface area contributed by atoms with E-state index in [1.165, 1.54) is 34.9 Å². The Bertz CT molecular complexity index is 912. The van der Waals surface area contributed by atoms with Crippen LogP contribution < -0.4 is 10.0 Å². The second-order valence-electron chi connectivity index (χ2n) is 5.76. The van der Waals surface area contributed by atoms with Crippen LogP contribution in [0.15, 0.2) is 34.5 Å². The molecule has 0 unspecified atom stereocenters. The fourth-order valence-corrected chi connectivity index (χ4v) is 5.78. The molecule has 1 aliphatic heterocycles. The van der Waals surface area contributed by atoms with E-state index in [2.05, 4.69) is 4.98 Å². The van der Waals surface area contributed by atoms with Crippen LogP contribution in [0.25, 0.3) is 0 Å². The number of rotatable bonds is 6. The molecule has 0 spiro atoms. The average molecular weight is 397 g/mol. The van der Waals surface area contributed by atoms with Gasteiger partial charge in [0.1, 0.15) is 10.9 Å². The van der Waals surface area contributed by atoms with E-state index in [0.29, 0.717) is 23.9 Å². The molecule has 2 aromatic rings. The van der Waals surface area contributed by atoms with Crippen molar-refractivity contribution in [3.8, 4) is 0 Å². The lowest BCUT2D eigenvalue weighted by molar-refractivity contribution is -0.0941. The maximum absolute atomic E-state index is 13.5. The van der Waals surface area contributed by atoms with Crippen molar-refractivity contribution >= 4 is 32.4 Å². The summed E-state index contributed by atoms with van der Waals surface area (Å²) in [5, 5.41) is 2.05. The molecule has 0 radical (unpaired) electrons. The van der Waals surface area contributed by atoms with Crippen molar-refractivity contribution in [2.24, 2.45) is 5.73 Å². The number of primary amides is 1. The molecule has 2 atom stereocenters. The fraction of sp³-hybridized carbons (Fsp3) is 0.375. The maximum Gasteiger partial charge on any atom is 0.267 e. The first-order valence-corrected chi connectivity index (χ1v) is 10.2. The maximum atomic E-state index is 13.5. The number of carbonyl (C=O) groups excluding carboxylic acids is 1. The molecule has 8 nitrogen and oxygen atoms in total. The third-order valence-corrected chi connectivity index (χ3v) is 6.97. The number of nitrogens with zero attached hydrogens (tertiary/aromatic N) is 2. The number of amides is 1. The number of hydrogen-bond acceptors (Lipinski definition) is 7. The zero-order valence-corrected chi connectivity index (χ0v) is 15.9. The number of benzene rings is 1. The smallest absolute Gasteiger partial charge is 0.267 e. The topological polar surface area (TPSA) is 112 Å². The van der Waals surface area contributed by atoms with Gasteiger partial charge in [-0.25, -0.2) is 17.7 Å². The Morgan fingerprint density at radius 1 is 1.42 bits per heavy atom. The largest absolute Gasteiger partial charge is 0.366 e. The second-order valence-corrected chi connectivity index (χ2v) is 8.38. The molecule has 0 saturated carbocycles. The van der Waals surface area contributed by atoms with Gasteiger partial charge in [-0.1, -0.05) is 12.1 Å². The van der Waals surface area contributed by atoms with Gasteiger partial charge in [-0.15, -0.1) is 11.3 Å². The van der Waals surface area contributed by atoms with Gasteiger partial charge >= 0.3 is 0 Å². The van der Waals surface area contributed by atoms with Crippen molar-refractivity contribution < 1.29 is 22.7 Å². The fourth-order valence-electron chi connectivity index (χ4n) is 2.87. The Labute approximate surface area is 155 Å². The van der Waals surface area contributed by atoms with Gasteiger partial charge in [0, 0.05) is 12.5 Å². The summed E-state index contributed by atoms with van der Waals surface area (Å²) >= 11 is 1.20. The van der Waals surface area contributed by atoms with Gasteiger partial charge < -0.3 is 15.2 Å². The van der Waals surface area contributed by atoms with Gasteiger partial charge in [0.2, 0.25) is 5.91 Å². The van der Waals surface area contributed by atoms with E-state index in [9.17, 15) is 13.2 Å². The van der Waals surface area contributed by atoms with E-state index in [0.717, 1.165) is 0 Å². The number of methoxy groups -OCH3 is 1. The van der Waals surface area contributed by atoms with Crippen LogP contribution in [0.5, 0.6) is 0 Å². The van der Waals surface area contributed by atoms with Gasteiger partial charge in [-0.2, -0.15) is 0 Å². The van der Waals surface area contributed by atoms with E-state index < -0.39 is 28.3 Å². The van der Waals surface area contributed by atoms with Crippen LogP contribution in [0.4, 0.5) is 5.13 Å². The Hall–Kier alpha value is -2.01. The summed E-state index contributed by atoms with van der Waals surface area (Å²) < 4.78 is 39.0. The minimum absolute atomic E-state index is 0.0707. The number of hydrogen-bond donors (Lipinski definition) is 1. The third kappa shape index (κ3) is 3.32. The summed E-state index contributed by atoms with van der Waals surface area (Å²) in [5.41, 5.74) is 6.00. The van der Waals surface area contributed by atoms with E-state index >= 15 is 0 Å². The predicted molar refractivity (Wildman–Crippen MR) is 96.6 cm³/mol. The van der Waals surface area contributed by atoms with Crippen molar-refractivity contribution in [3.63, 3.8) is 0 Å². The van der Waals surface area contributed by atoms with Crippen molar-refractivity contribution in [1.82, 2.24) is 4.98 Å². The Morgan fingerprint density at radius 2 is 2.15 bits per heavy atom. The van der Waals surface area contributed by atoms with Gasteiger partial charge in [0.05, 0.1) is 17.9 Å². The van der Waals surface area contributed by atoms with Crippen LogP contribution in [0.1, 0.15) is 22.5 Å². The summed E-state index contributed by atoms with van der Waals surface area (Å²) in [6.07, 6.45) is -0.288. The molecule has 26 heavy (non-hydrogen) atoms. The summed E-state index contributed by atoms with van der Waals surface area (Å²) in [7, 11) is -2.67. The number of carbonyl (C=O) groups is 1. The Balaban J connectivity index is 2.17. The molecule has 1 saturated heterocycles. The second kappa shape index (κ2) is 7.31. The summed E-state index contributed by atoms with van der Waals surface area (Å²) in [4.78, 5) is 15.9. The number of ether oxygens (including phenoxy) is 2. The molecule has 3 rings (SSSR count). The molecule has 1 aromatic carbocycles. The zero-order chi connectivity index (χ0) is 18.9. The highest BCUT2D eigenvalue weighted by atomic mass is 32.2. The molecule has 0 bridgehead atoms. The summed E-state index contributed by atoms with van der Waals surface area (Å²) in [6, 6.07) is 5.26. The van der Waals surface area contributed by atoms with E-state index in [1.807, 2.05) is 0 Å². The van der Waals surface area contributed by atoms with Crippen molar-refractivity contribution in [3.05, 3.63) is 40.9 Å². The minimum atomic E-state index is -4.12. The molecular formula is C16H19N3O5S2. The highest BCUT2D eigenvalue weighted by Gasteiger charge is 2.42. The van der Waals surface area contributed by atoms with Crippen LogP contribution in [0.2, 0.25) is 0 Å².